The summed E-state index contributed by atoms with van der Waals surface area (Å²) in [6, 6.07) is 5.82. The molecule has 1 fully saturated rings. The highest BCUT2D eigenvalue weighted by Gasteiger charge is 2.27. The Hall–Kier alpha value is -2.06. The highest BCUT2D eigenvalue weighted by molar-refractivity contribution is 8.00. The molecule has 0 atom stereocenters. The summed E-state index contributed by atoms with van der Waals surface area (Å²) >= 11 is 3.21. The Bertz CT molecular complexity index is 936. The summed E-state index contributed by atoms with van der Waals surface area (Å²) in [5, 5.41) is 0. The zero-order valence-corrected chi connectivity index (χ0v) is 15.8. The third kappa shape index (κ3) is 3.31. The predicted molar refractivity (Wildman–Crippen MR) is 103 cm³/mol. The lowest BCUT2D eigenvalue weighted by molar-refractivity contribution is 0.0900. The van der Waals surface area contributed by atoms with Crippen LogP contribution in [0.5, 0.6) is 0 Å². The smallest absolute Gasteiger partial charge is 0.176 e. The van der Waals surface area contributed by atoms with Crippen LogP contribution in [0.15, 0.2) is 34.9 Å². The van der Waals surface area contributed by atoms with Crippen LogP contribution in [0.1, 0.15) is 23.2 Å². The molecule has 5 nitrogen and oxygen atoms in total. The maximum Gasteiger partial charge on any atom is 0.176 e. The number of thiazole rings is 1. The number of halogens is 1. The predicted octanol–water partition coefficient (Wildman–Crippen LogP) is 4.05. The van der Waals surface area contributed by atoms with Crippen LogP contribution in [0.3, 0.4) is 0 Å². The van der Waals surface area contributed by atoms with Crippen molar-refractivity contribution in [2.75, 3.05) is 24.2 Å². The molecule has 2 aromatic heterocycles. The molecule has 1 saturated heterocycles. The number of Topliss-reactive ketones (excluding diaryl/α,β-unsaturated/α-hetero) is 1. The quantitative estimate of drug-likeness (QED) is 0.496. The molecule has 134 valence electrons. The summed E-state index contributed by atoms with van der Waals surface area (Å²) in [5.41, 5.74) is 1.32. The Kier molecular flexibility index (Phi) is 4.86. The van der Waals surface area contributed by atoms with E-state index < -0.39 is 0 Å². The minimum atomic E-state index is -0.321. The van der Waals surface area contributed by atoms with Crippen molar-refractivity contribution < 1.29 is 9.18 Å². The summed E-state index contributed by atoms with van der Waals surface area (Å²) in [5.74, 6) is 0.649. The number of fused-ring (bicyclic) bond motifs is 1. The van der Waals surface area contributed by atoms with E-state index in [0.717, 1.165) is 46.4 Å². The number of thioether (sulfide) groups is 1. The molecule has 0 amide bonds. The second-order valence-electron chi connectivity index (χ2n) is 6.17. The summed E-state index contributed by atoms with van der Waals surface area (Å²) in [6.45, 7) is 1.52. The third-order valence-corrected chi connectivity index (χ3v) is 6.65. The molecule has 4 rings (SSSR count). The minimum absolute atomic E-state index is 0.0303. The van der Waals surface area contributed by atoms with E-state index in [1.165, 1.54) is 12.1 Å². The van der Waals surface area contributed by atoms with Crippen LogP contribution in [-0.2, 0) is 0 Å². The van der Waals surface area contributed by atoms with Crippen molar-refractivity contribution >= 4 is 45.0 Å². The van der Waals surface area contributed by atoms with Crippen molar-refractivity contribution in [2.24, 2.45) is 5.92 Å². The van der Waals surface area contributed by atoms with Gasteiger partial charge in [-0.05, 0) is 43.4 Å². The summed E-state index contributed by atoms with van der Waals surface area (Å²) < 4.78 is 15.0. The van der Waals surface area contributed by atoms with Crippen molar-refractivity contribution in [1.29, 1.82) is 0 Å². The van der Waals surface area contributed by atoms with E-state index in [1.54, 1.807) is 41.6 Å². The average molecular weight is 388 g/mol. The monoisotopic (exact) mass is 388 g/mol. The Morgan fingerprint density at radius 2 is 1.96 bits per heavy atom. The second kappa shape index (κ2) is 7.28. The topological polar surface area (TPSA) is 59.0 Å². The molecule has 0 unspecified atom stereocenters. The lowest BCUT2D eigenvalue weighted by Crippen LogP contribution is -2.37. The number of benzene rings is 1. The first kappa shape index (κ1) is 17.4. The first-order valence-electron chi connectivity index (χ1n) is 8.36. The second-order valence-corrected chi connectivity index (χ2v) is 8.22. The number of ketones is 1. The molecule has 0 saturated carbocycles. The van der Waals surface area contributed by atoms with Gasteiger partial charge in [-0.25, -0.2) is 19.3 Å². The minimum Gasteiger partial charge on any atom is -0.355 e. The summed E-state index contributed by atoms with van der Waals surface area (Å²) in [6.07, 6.45) is 5.07. The van der Waals surface area contributed by atoms with Crippen molar-refractivity contribution in [3.63, 3.8) is 0 Å². The highest BCUT2D eigenvalue weighted by Crippen LogP contribution is 2.34. The van der Waals surface area contributed by atoms with Gasteiger partial charge in [0.1, 0.15) is 16.8 Å². The van der Waals surface area contributed by atoms with Gasteiger partial charge < -0.3 is 4.90 Å². The maximum absolute atomic E-state index is 13.1. The molecule has 3 aromatic rings. The fourth-order valence-corrected chi connectivity index (χ4v) is 4.77. The fraction of sp³-hybridized carbons (Fsp3) is 0.333. The molecule has 0 aliphatic carbocycles. The number of nitrogens with zero attached hydrogens (tertiary/aromatic N) is 4. The Morgan fingerprint density at radius 3 is 2.65 bits per heavy atom. The number of hydrogen-bond donors (Lipinski definition) is 0. The first-order valence-corrected chi connectivity index (χ1v) is 10.4. The summed E-state index contributed by atoms with van der Waals surface area (Å²) in [7, 11) is 0. The third-order valence-electron chi connectivity index (χ3n) is 4.62. The highest BCUT2D eigenvalue weighted by atomic mass is 32.2. The number of rotatable bonds is 4. The van der Waals surface area contributed by atoms with Gasteiger partial charge in [0.25, 0.3) is 0 Å². The molecule has 8 heteroatoms. The average Bonchev–Trinajstić information content (AvgIpc) is 3.11. The molecule has 1 aliphatic heterocycles. The van der Waals surface area contributed by atoms with Gasteiger partial charge in [-0.15, -0.1) is 11.3 Å². The van der Waals surface area contributed by atoms with Crippen molar-refractivity contribution in [2.45, 2.75) is 17.2 Å². The maximum atomic E-state index is 13.1. The summed E-state index contributed by atoms with van der Waals surface area (Å²) in [4.78, 5) is 28.1. The number of carbonyl (C=O) groups is 1. The Balaban J connectivity index is 1.49. The Morgan fingerprint density at radius 1 is 1.23 bits per heavy atom. The molecular weight excluding hydrogens is 371 g/mol. The molecular formula is C18H17FN4OS2. The molecule has 0 radical (unpaired) electrons. The van der Waals surface area contributed by atoms with E-state index >= 15 is 0 Å². The number of carbonyl (C=O) groups excluding carboxylic acids is 1. The first-order chi connectivity index (χ1) is 12.7. The lowest BCUT2D eigenvalue weighted by atomic mass is 9.89. The number of piperidine rings is 1. The molecule has 0 bridgehead atoms. The largest absolute Gasteiger partial charge is 0.355 e. The molecule has 1 aliphatic rings. The van der Waals surface area contributed by atoms with Crippen LogP contribution in [0, 0.1) is 11.7 Å². The zero-order valence-electron chi connectivity index (χ0n) is 14.2. The van der Waals surface area contributed by atoms with Gasteiger partial charge in [-0.3, -0.25) is 4.79 Å². The zero-order chi connectivity index (χ0) is 18.1. The lowest BCUT2D eigenvalue weighted by Gasteiger charge is -2.32. The van der Waals surface area contributed by atoms with E-state index in [1.807, 2.05) is 6.26 Å². The van der Waals surface area contributed by atoms with E-state index in [4.69, 9.17) is 0 Å². The molecule has 3 heterocycles. The van der Waals surface area contributed by atoms with Crippen LogP contribution in [0.2, 0.25) is 0 Å². The van der Waals surface area contributed by atoms with Gasteiger partial charge >= 0.3 is 0 Å². The number of anilines is 1. The van der Waals surface area contributed by atoms with Crippen molar-refractivity contribution in [1.82, 2.24) is 15.0 Å². The molecule has 0 N–H and O–H groups in total. The van der Waals surface area contributed by atoms with E-state index in [9.17, 15) is 9.18 Å². The number of aromatic nitrogens is 3. The van der Waals surface area contributed by atoms with Crippen LogP contribution in [0.4, 0.5) is 10.2 Å². The van der Waals surface area contributed by atoms with Gasteiger partial charge in [-0.1, -0.05) is 11.8 Å². The van der Waals surface area contributed by atoms with Crippen LogP contribution in [-0.4, -0.2) is 40.1 Å². The van der Waals surface area contributed by atoms with Gasteiger partial charge in [-0.2, -0.15) is 0 Å². The van der Waals surface area contributed by atoms with Crippen molar-refractivity contribution in [3.8, 4) is 0 Å². The fourth-order valence-electron chi connectivity index (χ4n) is 3.24. The SMILES string of the molecule is CSc1nc2ncnc(N3CCC(C(=O)c4ccc(F)cc4)CC3)c2s1. The van der Waals surface area contributed by atoms with Crippen LogP contribution in [0.25, 0.3) is 10.3 Å². The van der Waals surface area contributed by atoms with E-state index in [2.05, 4.69) is 19.9 Å². The molecule has 1 aromatic carbocycles. The normalized spacial score (nSPS) is 15.5. The van der Waals surface area contributed by atoms with Crippen LogP contribution >= 0.6 is 23.1 Å². The standard InChI is InChI=1S/C18H17FN4OS2/c1-25-18-22-16-15(26-18)17(21-10-20-16)23-8-6-12(7-9-23)14(24)11-2-4-13(19)5-3-11/h2-5,10,12H,6-9H2,1H3. The van der Waals surface area contributed by atoms with Crippen LogP contribution < -0.4 is 4.90 Å². The van der Waals surface area contributed by atoms with Gasteiger partial charge in [0.15, 0.2) is 21.6 Å². The van der Waals surface area contributed by atoms with Gasteiger partial charge in [0.05, 0.1) is 0 Å². The number of hydrogen-bond acceptors (Lipinski definition) is 7. The van der Waals surface area contributed by atoms with E-state index in [-0.39, 0.29) is 17.5 Å². The van der Waals surface area contributed by atoms with E-state index in [0.29, 0.717) is 5.56 Å². The molecule has 26 heavy (non-hydrogen) atoms. The molecule has 0 spiro atoms. The van der Waals surface area contributed by atoms with Gasteiger partial charge in [0.2, 0.25) is 0 Å². The van der Waals surface area contributed by atoms with Gasteiger partial charge in [0, 0.05) is 24.6 Å². The Labute approximate surface area is 158 Å². The van der Waals surface area contributed by atoms with Crippen molar-refractivity contribution in [3.05, 3.63) is 42.0 Å².